The fourth-order valence-corrected chi connectivity index (χ4v) is 2.57. The van der Waals surface area contributed by atoms with Crippen LogP contribution >= 0.6 is 0 Å². The van der Waals surface area contributed by atoms with Gasteiger partial charge in [0.05, 0.1) is 12.8 Å². The topological polar surface area (TPSA) is 82.2 Å². The van der Waals surface area contributed by atoms with Gasteiger partial charge in [-0.25, -0.2) is 0 Å². The van der Waals surface area contributed by atoms with Gasteiger partial charge in [-0.05, 0) is 32.4 Å². The van der Waals surface area contributed by atoms with Crippen LogP contribution in [0.5, 0.6) is 0 Å². The predicted molar refractivity (Wildman–Crippen MR) is 81.2 cm³/mol. The van der Waals surface area contributed by atoms with Crippen molar-refractivity contribution in [1.82, 2.24) is 10.3 Å². The number of benzene rings is 1. The highest BCUT2D eigenvalue weighted by Crippen LogP contribution is 2.22. The highest BCUT2D eigenvalue weighted by Gasteiger charge is 2.24. The molecular weight excluding hydrogens is 268 g/mol. The zero-order chi connectivity index (χ0) is 15.6. The van der Waals surface area contributed by atoms with Crippen LogP contribution in [0.25, 0.3) is 10.9 Å². The van der Waals surface area contributed by atoms with Crippen molar-refractivity contribution in [3.8, 4) is 0 Å². The van der Waals surface area contributed by atoms with E-state index in [1.54, 1.807) is 13.8 Å². The number of rotatable bonds is 5. The Kier molecular flexibility index (Phi) is 4.02. The molecule has 5 nitrogen and oxygen atoms in total. The molecule has 0 bridgehead atoms. The van der Waals surface area contributed by atoms with Crippen LogP contribution in [0.1, 0.15) is 31.5 Å². The van der Waals surface area contributed by atoms with Gasteiger partial charge in [0.1, 0.15) is 0 Å². The number of aromatic nitrogens is 1. The summed E-state index contributed by atoms with van der Waals surface area (Å²) in [5.74, 6) is -1.10. The number of carboxylic acids is 1. The zero-order valence-electron chi connectivity index (χ0n) is 12.5. The van der Waals surface area contributed by atoms with E-state index in [1.165, 1.54) is 0 Å². The van der Waals surface area contributed by atoms with E-state index in [-0.39, 0.29) is 18.7 Å². The molecule has 0 saturated heterocycles. The molecule has 0 fully saturated rings. The molecule has 21 heavy (non-hydrogen) atoms. The van der Waals surface area contributed by atoms with Crippen LogP contribution in [0.3, 0.4) is 0 Å². The maximum Gasteiger partial charge on any atom is 0.305 e. The van der Waals surface area contributed by atoms with Gasteiger partial charge in [-0.2, -0.15) is 0 Å². The second-order valence-corrected chi connectivity index (χ2v) is 5.95. The summed E-state index contributed by atoms with van der Waals surface area (Å²) >= 11 is 0. The molecule has 1 heterocycles. The van der Waals surface area contributed by atoms with E-state index < -0.39 is 11.5 Å². The third-order valence-electron chi connectivity index (χ3n) is 3.44. The first-order chi connectivity index (χ1) is 9.78. The Morgan fingerprint density at radius 3 is 2.62 bits per heavy atom. The summed E-state index contributed by atoms with van der Waals surface area (Å²) in [6.45, 7) is 5.35. The second-order valence-electron chi connectivity index (χ2n) is 5.95. The maximum atomic E-state index is 12.2. The summed E-state index contributed by atoms with van der Waals surface area (Å²) in [4.78, 5) is 26.2. The fraction of sp³-hybridized carbons (Fsp3) is 0.375. The number of aromatic amines is 1. The molecule has 2 rings (SSSR count). The summed E-state index contributed by atoms with van der Waals surface area (Å²) in [6, 6.07) is 7.82. The van der Waals surface area contributed by atoms with E-state index in [9.17, 15) is 9.59 Å². The molecule has 2 aromatic rings. The number of carboxylic acid groups (broad SMARTS) is 1. The number of para-hydroxylation sites is 1. The first-order valence-corrected chi connectivity index (χ1v) is 6.87. The highest BCUT2D eigenvalue weighted by molar-refractivity contribution is 5.90. The summed E-state index contributed by atoms with van der Waals surface area (Å²) in [5, 5.41) is 12.7. The van der Waals surface area contributed by atoms with Gasteiger partial charge in [-0.15, -0.1) is 0 Å². The molecule has 3 N–H and O–H groups in total. The summed E-state index contributed by atoms with van der Waals surface area (Å²) in [5.41, 5.74) is 2.15. The minimum atomic E-state index is -0.927. The lowest BCUT2D eigenvalue weighted by Crippen LogP contribution is -2.45. The van der Waals surface area contributed by atoms with Gasteiger partial charge in [0, 0.05) is 22.1 Å². The lowest BCUT2D eigenvalue weighted by Gasteiger charge is -2.24. The fourth-order valence-electron chi connectivity index (χ4n) is 2.57. The Hall–Kier alpha value is -2.30. The molecule has 0 spiro atoms. The van der Waals surface area contributed by atoms with E-state index in [0.717, 1.165) is 22.2 Å². The molecule has 5 heteroatoms. The molecule has 0 aliphatic heterocycles. The summed E-state index contributed by atoms with van der Waals surface area (Å²) < 4.78 is 0. The number of H-pyrrole nitrogens is 1. The van der Waals surface area contributed by atoms with E-state index in [4.69, 9.17) is 5.11 Å². The van der Waals surface area contributed by atoms with Crippen LogP contribution in [0.4, 0.5) is 0 Å². The quantitative estimate of drug-likeness (QED) is 0.790. The number of aryl methyl sites for hydroxylation is 1. The Balaban J connectivity index is 2.15. The standard InChI is InChI=1S/C16H20N2O3/c1-10-12(11-6-4-5-7-13(11)17-10)8-14(19)18-16(2,3)9-15(20)21/h4-7,17H,8-9H2,1-3H3,(H,18,19)(H,20,21). The lowest BCUT2D eigenvalue weighted by atomic mass is 9.99. The van der Waals surface area contributed by atoms with Crippen molar-refractivity contribution < 1.29 is 14.7 Å². The Bertz CT molecular complexity index is 686. The van der Waals surface area contributed by atoms with E-state index in [1.807, 2.05) is 31.2 Å². The first-order valence-electron chi connectivity index (χ1n) is 6.87. The number of carbonyl (C=O) groups excluding carboxylic acids is 1. The van der Waals surface area contributed by atoms with Gasteiger partial charge in [-0.3, -0.25) is 9.59 Å². The van der Waals surface area contributed by atoms with Gasteiger partial charge in [-0.1, -0.05) is 18.2 Å². The van der Waals surface area contributed by atoms with E-state index >= 15 is 0 Å². The zero-order valence-corrected chi connectivity index (χ0v) is 12.5. The maximum absolute atomic E-state index is 12.2. The molecule has 1 amide bonds. The Morgan fingerprint density at radius 1 is 1.29 bits per heavy atom. The van der Waals surface area contributed by atoms with Gasteiger partial charge in [0.25, 0.3) is 0 Å². The average Bonchev–Trinajstić information content (AvgIpc) is 2.63. The molecule has 0 aliphatic carbocycles. The van der Waals surface area contributed by atoms with Crippen molar-refractivity contribution in [2.75, 3.05) is 0 Å². The van der Waals surface area contributed by atoms with Crippen molar-refractivity contribution in [3.05, 3.63) is 35.5 Å². The van der Waals surface area contributed by atoms with Crippen molar-refractivity contribution in [1.29, 1.82) is 0 Å². The minimum absolute atomic E-state index is 0.106. The SMILES string of the molecule is Cc1[nH]c2ccccc2c1CC(=O)NC(C)(C)CC(=O)O. The first kappa shape index (κ1) is 15.1. The molecule has 0 atom stereocenters. The van der Waals surface area contributed by atoms with Crippen LogP contribution in [-0.2, 0) is 16.0 Å². The van der Waals surface area contributed by atoms with Crippen LogP contribution in [0, 0.1) is 6.92 Å². The minimum Gasteiger partial charge on any atom is -0.481 e. The van der Waals surface area contributed by atoms with Crippen molar-refractivity contribution in [2.45, 2.75) is 39.2 Å². The summed E-state index contributed by atoms with van der Waals surface area (Å²) in [6.07, 6.45) is 0.129. The number of amides is 1. The third-order valence-corrected chi connectivity index (χ3v) is 3.44. The predicted octanol–water partition coefficient (Wildman–Crippen LogP) is 2.39. The van der Waals surface area contributed by atoms with E-state index in [2.05, 4.69) is 10.3 Å². The van der Waals surface area contributed by atoms with Crippen molar-refractivity contribution in [3.63, 3.8) is 0 Å². The van der Waals surface area contributed by atoms with Crippen LogP contribution < -0.4 is 5.32 Å². The molecule has 112 valence electrons. The smallest absolute Gasteiger partial charge is 0.305 e. The molecule has 0 radical (unpaired) electrons. The normalized spacial score (nSPS) is 11.6. The van der Waals surface area contributed by atoms with Gasteiger partial charge < -0.3 is 15.4 Å². The Labute approximate surface area is 123 Å². The largest absolute Gasteiger partial charge is 0.481 e. The number of fused-ring (bicyclic) bond motifs is 1. The second kappa shape index (κ2) is 5.60. The van der Waals surface area contributed by atoms with Gasteiger partial charge in [0.2, 0.25) is 5.91 Å². The molecule has 1 aromatic carbocycles. The number of carbonyl (C=O) groups is 2. The number of nitrogens with one attached hydrogen (secondary N) is 2. The molecule has 0 saturated carbocycles. The molecule has 0 unspecified atom stereocenters. The van der Waals surface area contributed by atoms with Crippen LogP contribution in [0.15, 0.2) is 24.3 Å². The highest BCUT2D eigenvalue weighted by atomic mass is 16.4. The van der Waals surface area contributed by atoms with Crippen LogP contribution in [-0.4, -0.2) is 27.5 Å². The molecule has 0 aliphatic rings. The van der Waals surface area contributed by atoms with Crippen LogP contribution in [0.2, 0.25) is 0 Å². The van der Waals surface area contributed by atoms with Gasteiger partial charge >= 0.3 is 5.97 Å². The monoisotopic (exact) mass is 288 g/mol. The average molecular weight is 288 g/mol. The Morgan fingerprint density at radius 2 is 1.95 bits per heavy atom. The number of hydrogen-bond acceptors (Lipinski definition) is 2. The third kappa shape index (κ3) is 3.62. The summed E-state index contributed by atoms with van der Waals surface area (Å²) in [7, 11) is 0. The number of hydrogen-bond donors (Lipinski definition) is 3. The van der Waals surface area contributed by atoms with Crippen molar-refractivity contribution in [2.24, 2.45) is 0 Å². The van der Waals surface area contributed by atoms with Gasteiger partial charge in [0.15, 0.2) is 0 Å². The molecule has 1 aromatic heterocycles. The van der Waals surface area contributed by atoms with E-state index in [0.29, 0.717) is 0 Å². The van der Waals surface area contributed by atoms with Crippen molar-refractivity contribution >= 4 is 22.8 Å². The molecular formula is C16H20N2O3. The lowest BCUT2D eigenvalue weighted by molar-refractivity contribution is -0.138. The number of aliphatic carboxylic acids is 1.